The fraction of sp³-hybridized carbons (Fsp3) is 0.381. The zero-order chi connectivity index (χ0) is 20.0. The number of esters is 1. The van der Waals surface area contributed by atoms with Crippen molar-refractivity contribution in [3.63, 3.8) is 0 Å². The number of amides is 1. The first kappa shape index (κ1) is 20.4. The van der Waals surface area contributed by atoms with E-state index in [1.807, 2.05) is 32.9 Å². The van der Waals surface area contributed by atoms with Crippen LogP contribution in [0.1, 0.15) is 46.7 Å². The van der Waals surface area contributed by atoms with Crippen LogP contribution in [0.5, 0.6) is 0 Å². The van der Waals surface area contributed by atoms with Crippen LogP contribution < -0.4 is 0 Å². The van der Waals surface area contributed by atoms with E-state index in [0.29, 0.717) is 18.7 Å². The molecule has 0 aliphatic heterocycles. The summed E-state index contributed by atoms with van der Waals surface area (Å²) >= 11 is 0. The van der Waals surface area contributed by atoms with Gasteiger partial charge in [0.05, 0.1) is 12.2 Å². The molecular formula is C21H27N3O3. The lowest BCUT2D eigenvalue weighted by Gasteiger charge is -2.14. The zero-order valence-electron chi connectivity index (χ0n) is 16.7. The maximum Gasteiger partial charge on any atom is 0.340 e. The average Bonchev–Trinajstić information content (AvgIpc) is 2.89. The van der Waals surface area contributed by atoms with Crippen molar-refractivity contribution in [2.75, 3.05) is 13.7 Å². The Hall–Kier alpha value is -2.89. The topological polar surface area (TPSA) is 64.4 Å². The highest BCUT2D eigenvalue weighted by Crippen LogP contribution is 2.25. The molecule has 2 heterocycles. The zero-order valence-corrected chi connectivity index (χ0v) is 16.7. The number of rotatable bonds is 7. The maximum absolute atomic E-state index is 12.5. The first-order valence-electron chi connectivity index (χ1n) is 9.09. The molecule has 1 amide bonds. The van der Waals surface area contributed by atoms with E-state index in [2.05, 4.69) is 9.55 Å². The molecular weight excluding hydrogens is 342 g/mol. The van der Waals surface area contributed by atoms with Gasteiger partial charge in [-0.1, -0.05) is 6.07 Å². The molecule has 0 spiro atoms. The van der Waals surface area contributed by atoms with Gasteiger partial charge in [-0.25, -0.2) is 4.79 Å². The number of ether oxygens (including phenoxy) is 1. The molecule has 144 valence electrons. The van der Waals surface area contributed by atoms with Gasteiger partial charge in [0.2, 0.25) is 5.91 Å². The Labute approximate surface area is 160 Å². The minimum atomic E-state index is -0.360. The summed E-state index contributed by atoms with van der Waals surface area (Å²) in [5, 5.41) is 0. The molecule has 27 heavy (non-hydrogen) atoms. The second kappa shape index (κ2) is 9.16. The third kappa shape index (κ3) is 4.64. The van der Waals surface area contributed by atoms with Crippen LogP contribution in [0.25, 0.3) is 6.08 Å². The monoisotopic (exact) mass is 369 g/mol. The summed E-state index contributed by atoms with van der Waals surface area (Å²) in [6.07, 6.45) is 6.65. The minimum absolute atomic E-state index is 0.144. The van der Waals surface area contributed by atoms with Crippen LogP contribution in [-0.2, 0) is 22.6 Å². The van der Waals surface area contributed by atoms with E-state index in [0.717, 1.165) is 29.1 Å². The lowest BCUT2D eigenvalue weighted by Crippen LogP contribution is -2.24. The van der Waals surface area contributed by atoms with Gasteiger partial charge in [-0.2, -0.15) is 0 Å². The molecule has 2 aromatic heterocycles. The summed E-state index contributed by atoms with van der Waals surface area (Å²) in [5.41, 5.74) is 4.01. The van der Waals surface area contributed by atoms with Gasteiger partial charge in [0.15, 0.2) is 0 Å². The van der Waals surface area contributed by atoms with Crippen LogP contribution in [0.2, 0.25) is 0 Å². The van der Waals surface area contributed by atoms with Gasteiger partial charge in [-0.05, 0) is 45.4 Å². The number of likely N-dealkylation sites (N-methyl/N-ethyl adjacent to an activating group) is 1. The number of hydrogen-bond donors (Lipinski definition) is 0. The lowest BCUT2D eigenvalue weighted by atomic mass is 10.1. The standard InChI is InChI=1S/C21H27N3O3/c1-6-24-15(3)18(20(16(24)4)21(26)27-7-2)10-11-19(25)23(5)14-17-9-8-12-22-13-17/h8-13H,6-7,14H2,1-5H3. The fourth-order valence-corrected chi connectivity index (χ4v) is 3.17. The number of aromatic nitrogens is 2. The molecule has 0 atom stereocenters. The molecule has 2 aromatic rings. The minimum Gasteiger partial charge on any atom is -0.462 e. The second-order valence-electron chi connectivity index (χ2n) is 6.31. The first-order chi connectivity index (χ1) is 12.9. The van der Waals surface area contributed by atoms with Crippen molar-refractivity contribution in [3.8, 4) is 0 Å². The summed E-state index contributed by atoms with van der Waals surface area (Å²) in [6.45, 7) is 9.17. The Morgan fingerprint density at radius 2 is 2.00 bits per heavy atom. The van der Waals surface area contributed by atoms with E-state index in [9.17, 15) is 9.59 Å². The average molecular weight is 369 g/mol. The van der Waals surface area contributed by atoms with E-state index in [-0.39, 0.29) is 11.9 Å². The second-order valence-corrected chi connectivity index (χ2v) is 6.31. The lowest BCUT2D eigenvalue weighted by molar-refractivity contribution is -0.125. The molecule has 0 aliphatic carbocycles. The van der Waals surface area contributed by atoms with E-state index in [1.165, 1.54) is 6.08 Å². The highest BCUT2D eigenvalue weighted by Gasteiger charge is 2.22. The number of nitrogens with zero attached hydrogens (tertiary/aromatic N) is 3. The van der Waals surface area contributed by atoms with E-state index >= 15 is 0 Å². The van der Waals surface area contributed by atoms with Crippen molar-refractivity contribution < 1.29 is 14.3 Å². The summed E-state index contributed by atoms with van der Waals surface area (Å²) in [4.78, 5) is 30.6. The summed E-state index contributed by atoms with van der Waals surface area (Å²) in [6, 6.07) is 3.77. The third-order valence-electron chi connectivity index (χ3n) is 4.54. The highest BCUT2D eigenvalue weighted by molar-refractivity contribution is 5.98. The van der Waals surface area contributed by atoms with Gasteiger partial charge in [0.1, 0.15) is 0 Å². The Morgan fingerprint density at radius 3 is 2.59 bits per heavy atom. The van der Waals surface area contributed by atoms with Crippen molar-refractivity contribution in [1.82, 2.24) is 14.5 Å². The van der Waals surface area contributed by atoms with Crippen LogP contribution in [0.3, 0.4) is 0 Å². The highest BCUT2D eigenvalue weighted by atomic mass is 16.5. The Bertz CT molecular complexity index is 838. The molecule has 0 bridgehead atoms. The molecule has 0 aromatic carbocycles. The summed E-state index contributed by atoms with van der Waals surface area (Å²) < 4.78 is 7.26. The molecule has 0 saturated heterocycles. The van der Waals surface area contributed by atoms with Gasteiger partial charge >= 0.3 is 5.97 Å². The molecule has 0 radical (unpaired) electrons. The van der Waals surface area contributed by atoms with Gasteiger partial charge < -0.3 is 14.2 Å². The van der Waals surface area contributed by atoms with Crippen molar-refractivity contribution in [3.05, 3.63) is 58.7 Å². The third-order valence-corrected chi connectivity index (χ3v) is 4.54. The van der Waals surface area contributed by atoms with Crippen LogP contribution in [0.15, 0.2) is 30.6 Å². The summed E-state index contributed by atoms with van der Waals surface area (Å²) in [5.74, 6) is -0.504. The molecule has 6 nitrogen and oxygen atoms in total. The molecule has 0 unspecified atom stereocenters. The van der Waals surface area contributed by atoms with Crippen LogP contribution in [0.4, 0.5) is 0 Å². The predicted molar refractivity (Wildman–Crippen MR) is 105 cm³/mol. The molecule has 0 saturated carbocycles. The van der Waals surface area contributed by atoms with Crippen molar-refractivity contribution in [1.29, 1.82) is 0 Å². The number of hydrogen-bond acceptors (Lipinski definition) is 4. The first-order valence-corrected chi connectivity index (χ1v) is 9.09. The molecule has 0 aliphatic rings. The van der Waals surface area contributed by atoms with Gasteiger partial charge in [0.25, 0.3) is 0 Å². The number of carbonyl (C=O) groups is 2. The predicted octanol–water partition coefficient (Wildman–Crippen LogP) is 3.37. The largest absolute Gasteiger partial charge is 0.462 e. The van der Waals surface area contributed by atoms with Crippen LogP contribution >= 0.6 is 0 Å². The van der Waals surface area contributed by atoms with Gasteiger partial charge in [0, 0.05) is 55.6 Å². The van der Waals surface area contributed by atoms with E-state index in [1.54, 1.807) is 37.3 Å². The SMILES string of the molecule is CCOC(=O)c1c(C=CC(=O)N(C)Cc2cccnc2)c(C)n(CC)c1C. The Kier molecular flexibility index (Phi) is 6.93. The maximum atomic E-state index is 12.5. The van der Waals surface area contributed by atoms with Crippen molar-refractivity contribution >= 4 is 18.0 Å². The van der Waals surface area contributed by atoms with Crippen molar-refractivity contribution in [2.24, 2.45) is 0 Å². The number of pyridine rings is 1. The van der Waals surface area contributed by atoms with E-state index < -0.39 is 0 Å². The Balaban J connectivity index is 2.27. The number of carbonyl (C=O) groups excluding carboxylic acids is 2. The Morgan fingerprint density at radius 1 is 1.26 bits per heavy atom. The molecule has 2 rings (SSSR count). The van der Waals surface area contributed by atoms with E-state index in [4.69, 9.17) is 4.74 Å². The summed E-state index contributed by atoms with van der Waals surface area (Å²) in [7, 11) is 1.74. The smallest absolute Gasteiger partial charge is 0.340 e. The fourth-order valence-electron chi connectivity index (χ4n) is 3.17. The molecule has 6 heteroatoms. The van der Waals surface area contributed by atoms with Gasteiger partial charge in [-0.15, -0.1) is 0 Å². The molecule has 0 N–H and O–H groups in total. The van der Waals surface area contributed by atoms with Gasteiger partial charge in [-0.3, -0.25) is 9.78 Å². The normalized spacial score (nSPS) is 11.0. The van der Waals surface area contributed by atoms with Crippen molar-refractivity contribution in [2.45, 2.75) is 40.8 Å². The molecule has 0 fully saturated rings. The van der Waals surface area contributed by atoms with Crippen LogP contribution in [-0.4, -0.2) is 40.0 Å². The van der Waals surface area contributed by atoms with Crippen LogP contribution in [0, 0.1) is 13.8 Å². The quantitative estimate of drug-likeness (QED) is 0.554.